The fourth-order valence-corrected chi connectivity index (χ4v) is 3.26. The summed E-state index contributed by atoms with van der Waals surface area (Å²) in [5.74, 6) is 1.15. The van der Waals surface area contributed by atoms with Gasteiger partial charge >= 0.3 is 0 Å². The molecule has 1 aliphatic heterocycles. The number of amides is 1. The van der Waals surface area contributed by atoms with Crippen molar-refractivity contribution in [2.45, 2.75) is 19.8 Å². The number of carbonyl (C=O) groups is 1. The highest BCUT2D eigenvalue weighted by Crippen LogP contribution is 2.28. The Morgan fingerprint density at radius 2 is 1.93 bits per heavy atom. The maximum atomic E-state index is 12.4. The Morgan fingerprint density at radius 3 is 2.70 bits per heavy atom. The molecule has 27 heavy (non-hydrogen) atoms. The number of carbonyl (C=O) groups excluding carboxylic acids is 1. The van der Waals surface area contributed by atoms with E-state index < -0.39 is 0 Å². The van der Waals surface area contributed by atoms with Gasteiger partial charge in [-0.15, -0.1) is 0 Å². The van der Waals surface area contributed by atoms with Crippen molar-refractivity contribution in [1.82, 2.24) is 5.43 Å². The molecule has 1 N–H and O–H groups in total. The number of benzene rings is 2. The third-order valence-electron chi connectivity index (χ3n) is 4.69. The van der Waals surface area contributed by atoms with Gasteiger partial charge in [-0.05, 0) is 49.6 Å². The number of hydrogen-bond donors (Lipinski definition) is 1. The molecule has 142 valence electrons. The monoisotopic (exact) mass is 367 g/mol. The number of rotatable bonds is 6. The molecule has 0 aromatic heterocycles. The number of hydrazone groups is 1. The summed E-state index contributed by atoms with van der Waals surface area (Å²) in [6, 6.07) is 13.8. The number of nitrogens with zero attached hydrogens (tertiary/aromatic N) is 2. The lowest BCUT2D eigenvalue weighted by atomic mass is 10.0. The zero-order valence-electron chi connectivity index (χ0n) is 16.0. The van der Waals surface area contributed by atoms with Gasteiger partial charge in [0.25, 0.3) is 5.91 Å². The van der Waals surface area contributed by atoms with Gasteiger partial charge in [-0.1, -0.05) is 18.2 Å². The third-order valence-corrected chi connectivity index (χ3v) is 4.69. The topological polar surface area (TPSA) is 63.2 Å². The highest BCUT2D eigenvalue weighted by molar-refractivity contribution is 6.00. The van der Waals surface area contributed by atoms with Crippen LogP contribution in [0.25, 0.3) is 0 Å². The molecule has 3 rings (SSSR count). The molecule has 0 bridgehead atoms. The second-order valence-corrected chi connectivity index (χ2v) is 6.46. The molecular weight excluding hydrogens is 342 g/mol. The summed E-state index contributed by atoms with van der Waals surface area (Å²) in [5.41, 5.74) is 6.65. The first-order valence-electron chi connectivity index (χ1n) is 9.00. The SMILES string of the molecule is COc1ccc(/C(C)=N\NC(=O)CN2CCCc3ccccc32)cc1OC. The molecule has 6 heteroatoms. The predicted molar refractivity (Wildman–Crippen MR) is 107 cm³/mol. The van der Waals surface area contributed by atoms with E-state index in [1.54, 1.807) is 14.2 Å². The summed E-state index contributed by atoms with van der Waals surface area (Å²) in [5, 5.41) is 4.24. The minimum Gasteiger partial charge on any atom is -0.493 e. The lowest BCUT2D eigenvalue weighted by molar-refractivity contribution is -0.119. The Balaban J connectivity index is 1.65. The van der Waals surface area contributed by atoms with Crippen LogP contribution in [-0.2, 0) is 11.2 Å². The maximum absolute atomic E-state index is 12.4. The van der Waals surface area contributed by atoms with Crippen molar-refractivity contribution in [2.24, 2.45) is 5.10 Å². The highest BCUT2D eigenvalue weighted by atomic mass is 16.5. The smallest absolute Gasteiger partial charge is 0.259 e. The summed E-state index contributed by atoms with van der Waals surface area (Å²) in [6.45, 7) is 3.01. The second-order valence-electron chi connectivity index (χ2n) is 6.46. The third kappa shape index (κ3) is 4.39. The molecule has 2 aromatic carbocycles. The maximum Gasteiger partial charge on any atom is 0.259 e. The van der Waals surface area contributed by atoms with Crippen LogP contribution in [0.3, 0.4) is 0 Å². The van der Waals surface area contributed by atoms with Crippen LogP contribution in [-0.4, -0.2) is 38.9 Å². The van der Waals surface area contributed by atoms with Gasteiger partial charge in [0.05, 0.1) is 26.5 Å². The van der Waals surface area contributed by atoms with Crippen LogP contribution in [0.15, 0.2) is 47.6 Å². The quantitative estimate of drug-likeness (QED) is 0.630. The molecule has 0 fully saturated rings. The van der Waals surface area contributed by atoms with Crippen molar-refractivity contribution in [1.29, 1.82) is 0 Å². The van der Waals surface area contributed by atoms with Crippen molar-refractivity contribution in [3.63, 3.8) is 0 Å². The lowest BCUT2D eigenvalue weighted by Gasteiger charge is -2.30. The van der Waals surface area contributed by atoms with E-state index in [0.717, 1.165) is 30.6 Å². The van der Waals surface area contributed by atoms with Gasteiger partial charge in [0.2, 0.25) is 0 Å². The largest absolute Gasteiger partial charge is 0.493 e. The molecule has 0 atom stereocenters. The summed E-state index contributed by atoms with van der Waals surface area (Å²) in [7, 11) is 3.18. The van der Waals surface area contributed by atoms with E-state index in [9.17, 15) is 4.79 Å². The van der Waals surface area contributed by atoms with Crippen LogP contribution in [0.4, 0.5) is 5.69 Å². The van der Waals surface area contributed by atoms with Crippen LogP contribution in [0.5, 0.6) is 11.5 Å². The summed E-state index contributed by atoms with van der Waals surface area (Å²) < 4.78 is 10.6. The number of aryl methyl sites for hydroxylation is 1. The molecule has 1 heterocycles. The number of fused-ring (bicyclic) bond motifs is 1. The Labute approximate surface area is 159 Å². The minimum atomic E-state index is -0.133. The molecule has 0 aliphatic carbocycles. The van der Waals surface area contributed by atoms with Gasteiger partial charge in [0.1, 0.15) is 0 Å². The first kappa shape index (κ1) is 18.8. The van der Waals surface area contributed by atoms with Crippen molar-refractivity contribution in [3.05, 3.63) is 53.6 Å². The normalized spacial score (nSPS) is 13.7. The molecule has 0 saturated heterocycles. The van der Waals surface area contributed by atoms with Crippen LogP contribution in [0, 0.1) is 0 Å². The zero-order chi connectivity index (χ0) is 19.2. The first-order chi connectivity index (χ1) is 13.1. The molecule has 0 radical (unpaired) electrons. The van der Waals surface area contributed by atoms with E-state index in [0.29, 0.717) is 23.8 Å². The Hall–Kier alpha value is -3.02. The van der Waals surface area contributed by atoms with Gasteiger partial charge in [0, 0.05) is 17.8 Å². The van der Waals surface area contributed by atoms with Gasteiger partial charge in [-0.25, -0.2) is 5.43 Å². The minimum absolute atomic E-state index is 0.133. The van der Waals surface area contributed by atoms with Gasteiger partial charge in [-0.3, -0.25) is 4.79 Å². The van der Waals surface area contributed by atoms with Gasteiger partial charge in [-0.2, -0.15) is 5.10 Å². The van der Waals surface area contributed by atoms with E-state index in [-0.39, 0.29) is 5.91 Å². The molecule has 6 nitrogen and oxygen atoms in total. The Morgan fingerprint density at radius 1 is 1.15 bits per heavy atom. The molecule has 0 saturated carbocycles. The molecular formula is C21H25N3O3. The number of anilines is 1. The van der Waals surface area contributed by atoms with Crippen molar-refractivity contribution in [2.75, 3.05) is 32.2 Å². The average Bonchev–Trinajstić information content (AvgIpc) is 2.71. The fraction of sp³-hybridized carbons (Fsp3) is 0.333. The van der Waals surface area contributed by atoms with Crippen LogP contribution in [0.1, 0.15) is 24.5 Å². The van der Waals surface area contributed by atoms with E-state index in [1.807, 2.05) is 37.3 Å². The summed E-state index contributed by atoms with van der Waals surface area (Å²) in [6.07, 6.45) is 2.11. The van der Waals surface area contributed by atoms with Crippen molar-refractivity contribution in [3.8, 4) is 11.5 Å². The summed E-state index contributed by atoms with van der Waals surface area (Å²) >= 11 is 0. The standard InChI is InChI=1S/C21H25N3O3/c1-15(17-10-11-19(26-2)20(13-17)27-3)22-23-21(25)14-24-12-6-8-16-7-4-5-9-18(16)24/h4-5,7,9-11,13H,6,8,12,14H2,1-3H3,(H,23,25)/b22-15-. The number of nitrogens with one attached hydrogen (secondary N) is 1. The number of ether oxygens (including phenoxy) is 2. The predicted octanol–water partition coefficient (Wildman–Crippen LogP) is 3.00. The fourth-order valence-electron chi connectivity index (χ4n) is 3.26. The van der Waals surface area contributed by atoms with E-state index >= 15 is 0 Å². The number of para-hydroxylation sites is 1. The van der Waals surface area contributed by atoms with E-state index in [1.165, 1.54) is 5.56 Å². The highest BCUT2D eigenvalue weighted by Gasteiger charge is 2.18. The summed E-state index contributed by atoms with van der Waals surface area (Å²) in [4.78, 5) is 14.5. The lowest BCUT2D eigenvalue weighted by Crippen LogP contribution is -2.38. The molecule has 1 aliphatic rings. The van der Waals surface area contributed by atoms with E-state index in [2.05, 4.69) is 27.6 Å². The van der Waals surface area contributed by atoms with E-state index in [4.69, 9.17) is 9.47 Å². The van der Waals surface area contributed by atoms with Crippen molar-refractivity contribution >= 4 is 17.3 Å². The Bertz CT molecular complexity index is 848. The zero-order valence-corrected chi connectivity index (χ0v) is 16.0. The molecule has 2 aromatic rings. The average molecular weight is 367 g/mol. The Kier molecular flexibility index (Phi) is 5.96. The second kappa shape index (κ2) is 8.58. The van der Waals surface area contributed by atoms with Gasteiger partial charge in [0.15, 0.2) is 11.5 Å². The number of methoxy groups -OCH3 is 2. The van der Waals surface area contributed by atoms with Crippen LogP contribution >= 0.6 is 0 Å². The first-order valence-corrected chi connectivity index (χ1v) is 9.00. The van der Waals surface area contributed by atoms with Crippen molar-refractivity contribution < 1.29 is 14.3 Å². The number of hydrogen-bond acceptors (Lipinski definition) is 5. The molecule has 0 unspecified atom stereocenters. The van der Waals surface area contributed by atoms with Gasteiger partial charge < -0.3 is 14.4 Å². The molecule has 0 spiro atoms. The van der Waals surface area contributed by atoms with Crippen LogP contribution < -0.4 is 19.8 Å². The molecule has 1 amide bonds. The van der Waals surface area contributed by atoms with Crippen LogP contribution in [0.2, 0.25) is 0 Å².